The number of nitrogens with zero attached hydrogens (tertiary/aromatic N) is 1. The topological polar surface area (TPSA) is 99.1 Å². The molecule has 10 heteroatoms. The summed E-state index contributed by atoms with van der Waals surface area (Å²) in [6.07, 6.45) is -0.455. The van der Waals surface area contributed by atoms with Gasteiger partial charge in [0.2, 0.25) is 10.0 Å². The maximum atomic E-state index is 13.4. The molecule has 4 fully saturated rings. The summed E-state index contributed by atoms with van der Waals surface area (Å²) in [5.74, 6) is -0.303. The van der Waals surface area contributed by atoms with Gasteiger partial charge in [0, 0.05) is 11.1 Å². The van der Waals surface area contributed by atoms with Crippen molar-refractivity contribution in [3.8, 4) is 6.07 Å². The van der Waals surface area contributed by atoms with Crippen LogP contribution in [0.15, 0.2) is 23.1 Å². The average molecular weight is 484 g/mol. The predicted molar refractivity (Wildman–Crippen MR) is 114 cm³/mol. The number of hydrogen-bond acceptors (Lipinski definition) is 4. The van der Waals surface area contributed by atoms with Crippen LogP contribution in [0.3, 0.4) is 0 Å². The van der Waals surface area contributed by atoms with E-state index >= 15 is 0 Å². The highest BCUT2D eigenvalue weighted by atomic mass is 32.2. The first-order chi connectivity index (χ1) is 15.1. The summed E-state index contributed by atoms with van der Waals surface area (Å²) in [6, 6.07) is 4.54. The van der Waals surface area contributed by atoms with Gasteiger partial charge >= 0.3 is 6.18 Å². The Kier molecular flexibility index (Phi) is 5.41. The molecule has 1 aromatic carbocycles. The van der Waals surface area contributed by atoms with E-state index < -0.39 is 54.6 Å². The molecule has 4 bridgehead atoms. The van der Waals surface area contributed by atoms with Gasteiger partial charge in [-0.25, -0.2) is 13.1 Å². The molecule has 2 atom stereocenters. The zero-order chi connectivity index (χ0) is 24.4. The van der Waals surface area contributed by atoms with E-state index in [4.69, 9.17) is 0 Å². The summed E-state index contributed by atoms with van der Waals surface area (Å²) < 4.78 is 68.6. The van der Waals surface area contributed by atoms with Gasteiger partial charge < -0.3 is 5.32 Å². The summed E-state index contributed by atoms with van der Waals surface area (Å²) in [6.45, 7) is 4.81. The molecule has 0 aliphatic heterocycles. The van der Waals surface area contributed by atoms with Gasteiger partial charge in [-0.15, -0.1) is 0 Å². The van der Waals surface area contributed by atoms with Crippen LogP contribution >= 0.6 is 0 Å². The van der Waals surface area contributed by atoms with Crippen molar-refractivity contribution in [2.45, 2.75) is 81.4 Å². The number of carbonyl (C=O) groups is 1. The standard InChI is InChI=1S/C23H28F3N3O3S/c1-20(2,3)29-33(31,32)18-5-4-16(23(24,25)26)7-17(18)19(30)28-22-10-14-6-15(11-22)9-21(8-14,12-22)13-27/h4-5,7,14-15,29H,6,8-12H2,1-3H3,(H,28,30)/t14-,15-,21?,22?/m1/s1. The fourth-order valence-electron chi connectivity index (χ4n) is 6.42. The van der Waals surface area contributed by atoms with Crippen LogP contribution in [-0.4, -0.2) is 25.4 Å². The smallest absolute Gasteiger partial charge is 0.346 e. The Morgan fingerprint density at radius 2 is 1.73 bits per heavy atom. The molecule has 180 valence electrons. The summed E-state index contributed by atoms with van der Waals surface area (Å²) in [4.78, 5) is 12.9. The van der Waals surface area contributed by atoms with Crippen molar-refractivity contribution < 1.29 is 26.4 Å². The quantitative estimate of drug-likeness (QED) is 0.664. The number of sulfonamides is 1. The Balaban J connectivity index is 1.73. The molecule has 0 aromatic heterocycles. The van der Waals surface area contributed by atoms with E-state index in [0.29, 0.717) is 31.4 Å². The maximum Gasteiger partial charge on any atom is 0.416 e. The fourth-order valence-corrected chi connectivity index (χ4v) is 8.03. The SMILES string of the molecule is CC(C)(C)NS(=O)(=O)c1ccc(C(F)(F)F)cc1C(=O)NC12C[C@@H]3C[C@H](CC(C#N)(C3)C1)C2. The molecule has 1 aromatic rings. The van der Waals surface area contributed by atoms with E-state index in [2.05, 4.69) is 16.1 Å². The number of carbonyl (C=O) groups excluding carboxylic acids is 1. The van der Waals surface area contributed by atoms with Gasteiger partial charge in [0.25, 0.3) is 5.91 Å². The summed E-state index contributed by atoms with van der Waals surface area (Å²) in [5.41, 5.74) is -3.77. The minimum Gasteiger partial charge on any atom is -0.346 e. The van der Waals surface area contributed by atoms with Crippen LogP contribution in [0.4, 0.5) is 13.2 Å². The van der Waals surface area contributed by atoms with E-state index in [1.54, 1.807) is 20.8 Å². The summed E-state index contributed by atoms with van der Waals surface area (Å²) >= 11 is 0. The highest BCUT2D eigenvalue weighted by molar-refractivity contribution is 7.89. The van der Waals surface area contributed by atoms with Crippen molar-refractivity contribution >= 4 is 15.9 Å². The van der Waals surface area contributed by atoms with Crippen LogP contribution in [0, 0.1) is 28.6 Å². The zero-order valence-corrected chi connectivity index (χ0v) is 19.7. The fraction of sp³-hybridized carbons (Fsp3) is 0.652. The van der Waals surface area contributed by atoms with Gasteiger partial charge in [-0.2, -0.15) is 18.4 Å². The van der Waals surface area contributed by atoms with E-state index in [1.807, 2.05) is 0 Å². The largest absolute Gasteiger partial charge is 0.416 e. The Bertz CT molecular complexity index is 1120. The van der Waals surface area contributed by atoms with Crippen molar-refractivity contribution in [2.24, 2.45) is 17.3 Å². The average Bonchev–Trinajstić information content (AvgIpc) is 2.63. The first kappa shape index (κ1) is 24.0. The number of halogens is 3. The molecular weight excluding hydrogens is 455 g/mol. The summed E-state index contributed by atoms with van der Waals surface area (Å²) in [5, 5.41) is 12.7. The van der Waals surface area contributed by atoms with E-state index in [0.717, 1.165) is 25.3 Å². The first-order valence-electron chi connectivity index (χ1n) is 11.0. The number of rotatable bonds is 4. The third-order valence-corrected chi connectivity index (χ3v) is 8.77. The Labute approximate surface area is 192 Å². The lowest BCUT2D eigenvalue weighted by molar-refractivity contribution is -0.137. The highest BCUT2D eigenvalue weighted by Crippen LogP contribution is 2.61. The zero-order valence-electron chi connectivity index (χ0n) is 18.8. The lowest BCUT2D eigenvalue weighted by Gasteiger charge is -2.59. The predicted octanol–water partition coefficient (Wildman–Crippen LogP) is 4.37. The maximum absolute atomic E-state index is 13.4. The van der Waals surface area contributed by atoms with Crippen molar-refractivity contribution in [1.82, 2.24) is 10.0 Å². The van der Waals surface area contributed by atoms with Gasteiger partial charge in [-0.05, 0) is 89.3 Å². The van der Waals surface area contributed by atoms with Crippen molar-refractivity contribution in [1.29, 1.82) is 5.26 Å². The third-order valence-electron chi connectivity index (χ3n) is 6.96. The molecule has 0 saturated heterocycles. The number of hydrogen-bond donors (Lipinski definition) is 2. The number of nitrogens with one attached hydrogen (secondary N) is 2. The van der Waals surface area contributed by atoms with E-state index in [1.165, 1.54) is 0 Å². The molecule has 6 nitrogen and oxygen atoms in total. The molecule has 4 saturated carbocycles. The lowest BCUT2D eigenvalue weighted by atomic mass is 9.47. The Morgan fingerprint density at radius 1 is 1.12 bits per heavy atom. The number of alkyl halides is 3. The van der Waals surface area contributed by atoms with Gasteiger partial charge in [0.05, 0.1) is 27.5 Å². The summed E-state index contributed by atoms with van der Waals surface area (Å²) in [7, 11) is -4.27. The minimum absolute atomic E-state index is 0.276. The van der Waals surface area contributed by atoms with Crippen LogP contribution < -0.4 is 10.0 Å². The molecular formula is C23H28F3N3O3S. The molecule has 1 amide bonds. The Hall–Kier alpha value is -2.12. The molecule has 4 aliphatic rings. The van der Waals surface area contributed by atoms with E-state index in [-0.39, 0.29) is 11.8 Å². The normalized spacial score (nSPS) is 31.3. The number of amides is 1. The molecule has 0 radical (unpaired) electrons. The highest BCUT2D eigenvalue weighted by Gasteiger charge is 2.58. The second-order valence-electron chi connectivity index (χ2n) is 11.2. The lowest BCUT2D eigenvalue weighted by Crippen LogP contribution is -2.63. The van der Waals surface area contributed by atoms with Gasteiger partial charge in [-0.3, -0.25) is 4.79 Å². The number of benzene rings is 1. The van der Waals surface area contributed by atoms with Crippen LogP contribution in [-0.2, 0) is 16.2 Å². The molecule has 0 spiro atoms. The second kappa shape index (κ2) is 7.44. The third kappa shape index (κ3) is 4.62. The van der Waals surface area contributed by atoms with Gasteiger partial charge in [0.15, 0.2) is 0 Å². The minimum atomic E-state index is -4.74. The molecule has 0 heterocycles. The Morgan fingerprint density at radius 3 is 2.24 bits per heavy atom. The van der Waals surface area contributed by atoms with Crippen LogP contribution in [0.2, 0.25) is 0 Å². The van der Waals surface area contributed by atoms with Crippen molar-refractivity contribution in [3.63, 3.8) is 0 Å². The van der Waals surface area contributed by atoms with Crippen molar-refractivity contribution in [3.05, 3.63) is 29.3 Å². The monoisotopic (exact) mass is 483 g/mol. The molecule has 4 aliphatic carbocycles. The van der Waals surface area contributed by atoms with E-state index in [9.17, 15) is 31.6 Å². The molecule has 33 heavy (non-hydrogen) atoms. The number of nitriles is 1. The van der Waals surface area contributed by atoms with Gasteiger partial charge in [-0.1, -0.05) is 0 Å². The van der Waals surface area contributed by atoms with Crippen molar-refractivity contribution in [2.75, 3.05) is 0 Å². The van der Waals surface area contributed by atoms with Crippen LogP contribution in [0.25, 0.3) is 0 Å². The molecule has 0 unspecified atom stereocenters. The van der Waals surface area contributed by atoms with Crippen LogP contribution in [0.5, 0.6) is 0 Å². The van der Waals surface area contributed by atoms with Crippen LogP contribution in [0.1, 0.15) is 75.2 Å². The second-order valence-corrected chi connectivity index (χ2v) is 12.8. The first-order valence-corrected chi connectivity index (χ1v) is 12.5. The molecule has 2 N–H and O–H groups in total. The molecule has 5 rings (SSSR count). The van der Waals surface area contributed by atoms with Gasteiger partial charge in [0.1, 0.15) is 0 Å².